The molecular formula is C16H20N4O4. The number of nitrogens with zero attached hydrogens (tertiary/aromatic N) is 4. The van der Waals surface area contributed by atoms with E-state index < -0.39 is 0 Å². The van der Waals surface area contributed by atoms with Crippen molar-refractivity contribution in [1.82, 2.24) is 20.1 Å². The van der Waals surface area contributed by atoms with Gasteiger partial charge in [0.15, 0.2) is 6.61 Å². The molecule has 1 aliphatic heterocycles. The SMILES string of the molecule is CC(C)c1nnc([C@H]2COCCN2C(=O)COc2cccnc2)o1. The fraction of sp³-hybridized carbons (Fsp3) is 0.500. The molecule has 0 unspecified atom stereocenters. The van der Waals surface area contributed by atoms with Crippen LogP contribution in [0.3, 0.4) is 0 Å². The smallest absolute Gasteiger partial charge is 0.261 e. The number of carbonyl (C=O) groups excluding carboxylic acids is 1. The van der Waals surface area contributed by atoms with Gasteiger partial charge in [0.25, 0.3) is 5.91 Å². The lowest BCUT2D eigenvalue weighted by atomic mass is 10.2. The quantitative estimate of drug-likeness (QED) is 0.820. The maximum atomic E-state index is 12.5. The molecule has 0 saturated carbocycles. The number of hydrogen-bond acceptors (Lipinski definition) is 7. The summed E-state index contributed by atoms with van der Waals surface area (Å²) in [7, 11) is 0. The first kappa shape index (κ1) is 16.4. The minimum Gasteiger partial charge on any atom is -0.482 e. The van der Waals surface area contributed by atoms with Crippen LogP contribution in [-0.4, -0.2) is 52.4 Å². The molecular weight excluding hydrogens is 312 g/mol. The second kappa shape index (κ2) is 7.39. The molecule has 3 heterocycles. The highest BCUT2D eigenvalue weighted by Gasteiger charge is 2.33. The molecule has 1 saturated heterocycles. The normalized spacial score (nSPS) is 18.0. The Morgan fingerprint density at radius 1 is 1.46 bits per heavy atom. The summed E-state index contributed by atoms with van der Waals surface area (Å²) in [5.41, 5.74) is 0. The first-order valence-electron chi connectivity index (χ1n) is 7.88. The van der Waals surface area contributed by atoms with Crippen LogP contribution in [0.1, 0.15) is 37.6 Å². The Labute approximate surface area is 139 Å². The molecule has 8 heteroatoms. The van der Waals surface area contributed by atoms with Crippen molar-refractivity contribution >= 4 is 5.91 Å². The molecule has 1 atom stereocenters. The molecule has 1 amide bonds. The summed E-state index contributed by atoms with van der Waals surface area (Å²) in [6, 6.07) is 3.12. The molecule has 0 N–H and O–H groups in total. The van der Waals surface area contributed by atoms with E-state index in [1.165, 1.54) is 0 Å². The van der Waals surface area contributed by atoms with E-state index in [0.717, 1.165) is 0 Å². The number of pyridine rings is 1. The fourth-order valence-electron chi connectivity index (χ4n) is 2.38. The first-order valence-corrected chi connectivity index (χ1v) is 7.88. The van der Waals surface area contributed by atoms with E-state index in [9.17, 15) is 4.79 Å². The van der Waals surface area contributed by atoms with Gasteiger partial charge in [-0.25, -0.2) is 0 Å². The molecule has 0 aliphatic carbocycles. The zero-order chi connectivity index (χ0) is 16.9. The van der Waals surface area contributed by atoms with E-state index in [1.54, 1.807) is 29.4 Å². The standard InChI is InChI=1S/C16H20N4O4/c1-11(2)15-18-19-16(24-15)13-9-22-7-6-20(13)14(21)10-23-12-4-3-5-17-8-12/h3-5,8,11,13H,6-7,9-10H2,1-2H3/t13-/m1/s1. The van der Waals surface area contributed by atoms with Gasteiger partial charge in [-0.1, -0.05) is 13.8 Å². The third-order valence-electron chi connectivity index (χ3n) is 3.68. The highest BCUT2D eigenvalue weighted by atomic mass is 16.5. The molecule has 8 nitrogen and oxygen atoms in total. The number of aromatic nitrogens is 3. The Balaban J connectivity index is 1.68. The largest absolute Gasteiger partial charge is 0.482 e. The van der Waals surface area contributed by atoms with Crippen molar-refractivity contribution < 1.29 is 18.7 Å². The van der Waals surface area contributed by atoms with Crippen LogP contribution in [0.2, 0.25) is 0 Å². The van der Waals surface area contributed by atoms with Crippen molar-refractivity contribution in [2.75, 3.05) is 26.4 Å². The summed E-state index contributed by atoms with van der Waals surface area (Å²) in [4.78, 5) is 18.1. The lowest BCUT2D eigenvalue weighted by Crippen LogP contribution is -2.45. The van der Waals surface area contributed by atoms with Crippen LogP contribution in [0.15, 0.2) is 28.9 Å². The summed E-state index contributed by atoms with van der Waals surface area (Å²) in [6.45, 7) is 5.13. The van der Waals surface area contributed by atoms with Crippen molar-refractivity contribution in [1.29, 1.82) is 0 Å². The molecule has 128 valence electrons. The lowest BCUT2D eigenvalue weighted by Gasteiger charge is -2.33. The van der Waals surface area contributed by atoms with Crippen molar-refractivity contribution in [3.63, 3.8) is 0 Å². The van der Waals surface area contributed by atoms with E-state index in [2.05, 4.69) is 15.2 Å². The first-order chi connectivity index (χ1) is 11.6. The maximum Gasteiger partial charge on any atom is 0.261 e. The van der Waals surface area contributed by atoms with Crippen LogP contribution in [0.4, 0.5) is 0 Å². The molecule has 3 rings (SSSR count). The molecule has 1 fully saturated rings. The third-order valence-corrected chi connectivity index (χ3v) is 3.68. The third kappa shape index (κ3) is 3.70. The van der Waals surface area contributed by atoms with Crippen molar-refractivity contribution in [3.8, 4) is 5.75 Å². The average Bonchev–Trinajstić information content (AvgIpc) is 3.11. The van der Waals surface area contributed by atoms with Crippen LogP contribution in [-0.2, 0) is 9.53 Å². The number of hydrogen-bond donors (Lipinski definition) is 0. The van der Waals surface area contributed by atoms with E-state index >= 15 is 0 Å². The molecule has 24 heavy (non-hydrogen) atoms. The Bertz CT molecular complexity index is 674. The van der Waals surface area contributed by atoms with Gasteiger partial charge in [0.05, 0.1) is 19.4 Å². The predicted molar refractivity (Wildman–Crippen MR) is 83.4 cm³/mol. The molecule has 0 radical (unpaired) electrons. The van der Waals surface area contributed by atoms with Gasteiger partial charge in [-0.05, 0) is 12.1 Å². The highest BCUT2D eigenvalue weighted by Crippen LogP contribution is 2.25. The average molecular weight is 332 g/mol. The Morgan fingerprint density at radius 2 is 2.33 bits per heavy atom. The van der Waals surface area contributed by atoms with Gasteiger partial charge < -0.3 is 18.8 Å². The number of carbonyl (C=O) groups is 1. The minimum atomic E-state index is -0.385. The van der Waals surface area contributed by atoms with Crippen molar-refractivity contribution in [2.24, 2.45) is 0 Å². The molecule has 2 aromatic rings. The van der Waals surface area contributed by atoms with Crippen LogP contribution in [0.5, 0.6) is 5.75 Å². The number of rotatable bonds is 5. The molecule has 0 bridgehead atoms. The van der Waals surface area contributed by atoms with Crippen molar-refractivity contribution in [3.05, 3.63) is 36.3 Å². The molecule has 0 aromatic carbocycles. The number of amides is 1. The summed E-state index contributed by atoms with van der Waals surface area (Å²) < 4.78 is 16.6. The van der Waals surface area contributed by atoms with Crippen LogP contribution >= 0.6 is 0 Å². The van der Waals surface area contributed by atoms with Crippen LogP contribution < -0.4 is 4.74 Å². The van der Waals surface area contributed by atoms with Gasteiger partial charge in [0, 0.05) is 18.7 Å². The van der Waals surface area contributed by atoms with Crippen LogP contribution in [0.25, 0.3) is 0 Å². The zero-order valence-electron chi connectivity index (χ0n) is 13.7. The monoisotopic (exact) mass is 332 g/mol. The van der Waals surface area contributed by atoms with E-state index in [1.807, 2.05) is 13.8 Å². The van der Waals surface area contributed by atoms with Crippen molar-refractivity contribution in [2.45, 2.75) is 25.8 Å². The second-order valence-corrected chi connectivity index (χ2v) is 5.79. The molecule has 0 spiro atoms. The summed E-state index contributed by atoms with van der Waals surface area (Å²) in [5.74, 6) is 1.48. The number of ether oxygens (including phenoxy) is 2. The van der Waals surface area contributed by atoms with Crippen LogP contribution in [0, 0.1) is 0 Å². The van der Waals surface area contributed by atoms with E-state index in [-0.39, 0.29) is 24.5 Å². The van der Waals surface area contributed by atoms with Gasteiger partial charge in [-0.15, -0.1) is 10.2 Å². The summed E-state index contributed by atoms with van der Waals surface area (Å²) >= 11 is 0. The van der Waals surface area contributed by atoms with E-state index in [4.69, 9.17) is 13.9 Å². The second-order valence-electron chi connectivity index (χ2n) is 5.79. The summed E-state index contributed by atoms with van der Waals surface area (Å²) in [6.07, 6.45) is 3.21. The van der Waals surface area contributed by atoms with Gasteiger partial charge in [-0.2, -0.15) is 0 Å². The fourth-order valence-corrected chi connectivity index (χ4v) is 2.38. The Hall–Kier alpha value is -2.48. The van der Waals surface area contributed by atoms with Gasteiger partial charge in [0.2, 0.25) is 11.8 Å². The van der Waals surface area contributed by atoms with E-state index in [0.29, 0.717) is 37.3 Å². The molecule has 1 aliphatic rings. The molecule has 2 aromatic heterocycles. The Morgan fingerprint density at radius 3 is 3.04 bits per heavy atom. The predicted octanol–water partition coefficient (Wildman–Crippen LogP) is 1.57. The zero-order valence-corrected chi connectivity index (χ0v) is 13.7. The Kier molecular flexibility index (Phi) is 5.05. The minimum absolute atomic E-state index is 0.0760. The van der Waals surface area contributed by atoms with Gasteiger partial charge in [0.1, 0.15) is 11.8 Å². The topological polar surface area (TPSA) is 90.6 Å². The maximum absolute atomic E-state index is 12.5. The highest BCUT2D eigenvalue weighted by molar-refractivity contribution is 5.78. The lowest BCUT2D eigenvalue weighted by molar-refractivity contribution is -0.143. The van der Waals surface area contributed by atoms with Gasteiger partial charge in [-0.3, -0.25) is 9.78 Å². The number of morpholine rings is 1. The summed E-state index contributed by atoms with van der Waals surface area (Å²) in [5, 5.41) is 8.10. The van der Waals surface area contributed by atoms with Gasteiger partial charge >= 0.3 is 0 Å².